The average molecular weight is 457 g/mol. The van der Waals surface area contributed by atoms with Crippen LogP contribution in [0.25, 0.3) is 22.3 Å². The van der Waals surface area contributed by atoms with Crippen molar-refractivity contribution < 1.29 is 4.79 Å². The first kappa shape index (κ1) is 22.8. The minimum atomic E-state index is 0.327. The molecule has 3 aromatic rings. The van der Waals surface area contributed by atoms with E-state index in [1.54, 1.807) is 0 Å². The molecule has 5 heteroatoms. The third kappa shape index (κ3) is 4.94. The second-order valence-corrected chi connectivity index (χ2v) is 10.1. The van der Waals surface area contributed by atoms with Crippen LogP contribution in [0.2, 0.25) is 0 Å². The zero-order chi connectivity index (χ0) is 23.5. The molecule has 2 fully saturated rings. The number of amides is 1. The zero-order valence-electron chi connectivity index (χ0n) is 20.6. The first-order valence-electron chi connectivity index (χ1n) is 13.0. The van der Waals surface area contributed by atoms with Gasteiger partial charge in [-0.25, -0.2) is 9.97 Å². The molecule has 1 aliphatic carbocycles. The van der Waals surface area contributed by atoms with Crippen LogP contribution < -0.4 is 4.90 Å². The van der Waals surface area contributed by atoms with Crippen molar-refractivity contribution in [2.24, 2.45) is 5.92 Å². The number of hydrogen-bond donors (Lipinski definition) is 0. The van der Waals surface area contributed by atoms with Crippen LogP contribution in [-0.4, -0.2) is 47.0 Å². The van der Waals surface area contributed by atoms with Gasteiger partial charge >= 0.3 is 0 Å². The fraction of sp³-hybridized carbons (Fsp3) is 0.483. The van der Waals surface area contributed by atoms with Crippen molar-refractivity contribution in [2.75, 3.05) is 31.1 Å². The molecular formula is C29H36N4O. The van der Waals surface area contributed by atoms with E-state index in [-0.39, 0.29) is 0 Å². The number of nitrogens with zero attached hydrogens (tertiary/aromatic N) is 4. The molecule has 0 unspecified atom stereocenters. The van der Waals surface area contributed by atoms with Crippen molar-refractivity contribution in [3.8, 4) is 11.3 Å². The van der Waals surface area contributed by atoms with Crippen molar-refractivity contribution in [2.45, 2.75) is 58.8 Å². The quantitative estimate of drug-likeness (QED) is 0.478. The van der Waals surface area contributed by atoms with Gasteiger partial charge in [-0.05, 0) is 55.9 Å². The van der Waals surface area contributed by atoms with Crippen LogP contribution in [0.1, 0.15) is 56.1 Å². The maximum absolute atomic E-state index is 13.0. The summed E-state index contributed by atoms with van der Waals surface area (Å²) >= 11 is 0. The Bertz CT molecular complexity index is 1150. The lowest BCUT2D eigenvalue weighted by atomic mass is 10.0. The minimum absolute atomic E-state index is 0.327. The molecule has 0 spiro atoms. The molecule has 0 bridgehead atoms. The zero-order valence-corrected chi connectivity index (χ0v) is 20.6. The molecule has 5 nitrogen and oxygen atoms in total. The van der Waals surface area contributed by atoms with E-state index < -0.39 is 0 Å². The van der Waals surface area contributed by atoms with Gasteiger partial charge in [0.2, 0.25) is 5.91 Å². The Kier molecular flexibility index (Phi) is 6.80. The van der Waals surface area contributed by atoms with Crippen LogP contribution in [-0.2, 0) is 4.79 Å². The lowest BCUT2D eigenvalue weighted by Crippen LogP contribution is -2.35. The molecule has 0 atom stereocenters. The van der Waals surface area contributed by atoms with Gasteiger partial charge in [0.1, 0.15) is 5.69 Å². The van der Waals surface area contributed by atoms with Crippen LogP contribution in [0.4, 0.5) is 5.82 Å². The Morgan fingerprint density at radius 3 is 2.32 bits per heavy atom. The molecule has 1 saturated heterocycles. The predicted octanol–water partition coefficient (Wildman–Crippen LogP) is 5.92. The highest BCUT2D eigenvalue weighted by atomic mass is 16.2. The molecule has 5 rings (SSSR count). The monoisotopic (exact) mass is 456 g/mol. The second-order valence-electron chi connectivity index (χ2n) is 10.1. The van der Waals surface area contributed by atoms with E-state index in [4.69, 9.17) is 9.97 Å². The van der Waals surface area contributed by atoms with Gasteiger partial charge < -0.3 is 9.80 Å². The van der Waals surface area contributed by atoms with Gasteiger partial charge in [0.15, 0.2) is 5.82 Å². The Morgan fingerprint density at radius 2 is 1.59 bits per heavy atom. The van der Waals surface area contributed by atoms with Crippen molar-refractivity contribution in [3.05, 3.63) is 53.6 Å². The fourth-order valence-corrected chi connectivity index (χ4v) is 5.48. The fourth-order valence-electron chi connectivity index (χ4n) is 5.48. The van der Waals surface area contributed by atoms with E-state index >= 15 is 0 Å². The van der Waals surface area contributed by atoms with Gasteiger partial charge in [0.25, 0.3) is 0 Å². The van der Waals surface area contributed by atoms with Gasteiger partial charge in [-0.2, -0.15) is 0 Å². The van der Waals surface area contributed by atoms with Gasteiger partial charge in [0.05, 0.1) is 11.0 Å². The summed E-state index contributed by atoms with van der Waals surface area (Å²) in [6.07, 6.45) is 8.02. The molecule has 2 aromatic carbocycles. The molecule has 1 aliphatic heterocycles. The maximum Gasteiger partial charge on any atom is 0.222 e. The number of fused-ring (bicyclic) bond motifs is 1. The number of hydrogen-bond acceptors (Lipinski definition) is 4. The lowest BCUT2D eigenvalue weighted by Gasteiger charge is -2.25. The summed E-state index contributed by atoms with van der Waals surface area (Å²) in [6.45, 7) is 7.52. The average Bonchev–Trinajstić information content (AvgIpc) is 3.26. The van der Waals surface area contributed by atoms with Gasteiger partial charge in [-0.1, -0.05) is 56.0 Å². The normalized spacial score (nSPS) is 17.4. The smallest absolute Gasteiger partial charge is 0.222 e. The molecule has 1 saturated carbocycles. The number of anilines is 1. The van der Waals surface area contributed by atoms with Crippen LogP contribution in [0.5, 0.6) is 0 Å². The van der Waals surface area contributed by atoms with E-state index in [1.165, 1.54) is 36.8 Å². The third-order valence-electron chi connectivity index (χ3n) is 7.70. The molecule has 2 heterocycles. The Labute approximate surface area is 203 Å². The number of rotatable bonds is 5. The van der Waals surface area contributed by atoms with E-state index in [0.717, 1.165) is 73.0 Å². The molecular weight excluding hydrogens is 420 g/mol. The van der Waals surface area contributed by atoms with Crippen molar-refractivity contribution in [3.63, 3.8) is 0 Å². The minimum Gasteiger partial charge on any atom is -0.353 e. The van der Waals surface area contributed by atoms with Gasteiger partial charge in [-0.15, -0.1) is 0 Å². The molecule has 2 aliphatic rings. The Morgan fingerprint density at radius 1 is 0.882 bits per heavy atom. The van der Waals surface area contributed by atoms with Crippen LogP contribution in [0, 0.1) is 19.8 Å². The summed E-state index contributed by atoms with van der Waals surface area (Å²) in [4.78, 5) is 27.6. The Hall–Kier alpha value is -2.95. The molecule has 1 amide bonds. The summed E-state index contributed by atoms with van der Waals surface area (Å²) in [5, 5.41) is 0. The standard InChI is InChI=1S/C29H36N4O/c1-21-19-25-26(20-22(21)2)31-29(28(30-25)24-11-4-3-5-12-24)33-16-8-15-32(17-18-33)27(34)14-13-23-9-6-7-10-23/h3-5,11-12,19-20,23H,6-10,13-18H2,1-2H3. The molecule has 34 heavy (non-hydrogen) atoms. The van der Waals surface area contributed by atoms with Crippen molar-refractivity contribution >= 4 is 22.8 Å². The second kappa shape index (κ2) is 10.1. The summed E-state index contributed by atoms with van der Waals surface area (Å²) in [5.74, 6) is 2.02. The topological polar surface area (TPSA) is 49.3 Å². The number of carbonyl (C=O) groups is 1. The maximum atomic E-state index is 13.0. The highest BCUT2D eigenvalue weighted by Crippen LogP contribution is 2.32. The highest BCUT2D eigenvalue weighted by molar-refractivity contribution is 5.84. The highest BCUT2D eigenvalue weighted by Gasteiger charge is 2.24. The largest absolute Gasteiger partial charge is 0.353 e. The van der Waals surface area contributed by atoms with E-state index in [2.05, 4.69) is 60.0 Å². The van der Waals surface area contributed by atoms with E-state index in [9.17, 15) is 4.79 Å². The van der Waals surface area contributed by atoms with E-state index in [0.29, 0.717) is 12.3 Å². The van der Waals surface area contributed by atoms with Crippen LogP contribution in [0.3, 0.4) is 0 Å². The summed E-state index contributed by atoms with van der Waals surface area (Å²) in [5.41, 5.74) is 6.34. The van der Waals surface area contributed by atoms with Gasteiger partial charge in [0, 0.05) is 38.2 Å². The number of aryl methyl sites for hydroxylation is 2. The first-order chi connectivity index (χ1) is 16.6. The first-order valence-corrected chi connectivity index (χ1v) is 13.0. The molecule has 178 valence electrons. The SMILES string of the molecule is Cc1cc2nc(-c3ccccc3)c(N3CCCN(C(=O)CCC4CCCC4)CC3)nc2cc1C. The van der Waals surface area contributed by atoms with Crippen LogP contribution in [0.15, 0.2) is 42.5 Å². The molecule has 1 aromatic heterocycles. The summed E-state index contributed by atoms with van der Waals surface area (Å²) in [7, 11) is 0. The third-order valence-corrected chi connectivity index (χ3v) is 7.70. The van der Waals surface area contributed by atoms with E-state index in [1.807, 2.05) is 6.07 Å². The van der Waals surface area contributed by atoms with Crippen molar-refractivity contribution in [1.82, 2.24) is 14.9 Å². The lowest BCUT2D eigenvalue weighted by molar-refractivity contribution is -0.131. The number of aromatic nitrogens is 2. The molecule has 0 radical (unpaired) electrons. The van der Waals surface area contributed by atoms with Crippen LogP contribution >= 0.6 is 0 Å². The van der Waals surface area contributed by atoms with Gasteiger partial charge in [-0.3, -0.25) is 4.79 Å². The predicted molar refractivity (Wildman–Crippen MR) is 139 cm³/mol. The summed E-state index contributed by atoms with van der Waals surface area (Å²) < 4.78 is 0. The van der Waals surface area contributed by atoms with Crippen molar-refractivity contribution in [1.29, 1.82) is 0 Å². The number of carbonyl (C=O) groups excluding carboxylic acids is 1. The molecule has 0 N–H and O–H groups in total. The summed E-state index contributed by atoms with van der Waals surface area (Å²) in [6, 6.07) is 14.6. The Balaban J connectivity index is 1.39. The number of benzene rings is 2.